The van der Waals surface area contributed by atoms with Crippen LogP contribution in [-0.2, 0) is 44.6 Å². The number of ether oxygens (including phenoxy) is 3. The topological polar surface area (TPSA) is 164 Å². The van der Waals surface area contributed by atoms with Crippen molar-refractivity contribution in [2.75, 3.05) is 37.4 Å². The third-order valence-electron chi connectivity index (χ3n) is 7.88. The van der Waals surface area contributed by atoms with Crippen LogP contribution in [0, 0.1) is 5.82 Å². The summed E-state index contributed by atoms with van der Waals surface area (Å²) in [6.07, 6.45) is 0.185. The van der Waals surface area contributed by atoms with Crippen LogP contribution >= 0.6 is 0 Å². The van der Waals surface area contributed by atoms with E-state index in [2.05, 4.69) is 5.32 Å². The third kappa shape index (κ3) is 11.9. The van der Waals surface area contributed by atoms with Crippen LogP contribution in [0.15, 0.2) is 102 Å². The highest BCUT2D eigenvalue weighted by Gasteiger charge is 2.40. The summed E-state index contributed by atoms with van der Waals surface area (Å²) in [4.78, 5) is 27.8. The molecule has 2 atom stereocenters. The van der Waals surface area contributed by atoms with Gasteiger partial charge in [0.15, 0.2) is 12.2 Å². The highest BCUT2D eigenvalue weighted by Crippen LogP contribution is 2.26. The van der Waals surface area contributed by atoms with Gasteiger partial charge in [-0.1, -0.05) is 24.3 Å². The predicted molar refractivity (Wildman–Crippen MR) is 199 cm³/mol. The lowest BCUT2D eigenvalue weighted by atomic mass is 10.1. The highest BCUT2D eigenvalue weighted by molar-refractivity contribution is 7.89. The molecule has 4 aromatic carbocycles. The first-order chi connectivity index (χ1) is 25.8. The van der Waals surface area contributed by atoms with E-state index in [1.165, 1.54) is 35.2 Å². The van der Waals surface area contributed by atoms with Crippen LogP contribution < -0.4 is 19.5 Å². The summed E-state index contributed by atoms with van der Waals surface area (Å²) in [5, 5.41) is 3.55. The van der Waals surface area contributed by atoms with E-state index in [1.807, 2.05) is 0 Å². The molecule has 16 heteroatoms. The summed E-state index contributed by atoms with van der Waals surface area (Å²) < 4.78 is 88.5. The fraction of sp³-hybridized carbons (Fsp3) is 0.263. The molecular formula is C38H39FN2O11S2. The molecule has 5 rings (SSSR count). The maximum absolute atomic E-state index is 13.4. The summed E-state index contributed by atoms with van der Waals surface area (Å²) >= 11 is 0. The first-order valence-electron chi connectivity index (χ1n) is 16.9. The quantitative estimate of drug-likeness (QED) is 0.112. The molecule has 0 saturated carbocycles. The van der Waals surface area contributed by atoms with Gasteiger partial charge in [0.25, 0.3) is 20.2 Å². The molecule has 0 bridgehead atoms. The summed E-state index contributed by atoms with van der Waals surface area (Å²) in [6, 6.07) is 25.2. The van der Waals surface area contributed by atoms with Crippen LogP contribution in [0.5, 0.6) is 23.0 Å². The molecule has 1 N–H and O–H groups in total. The van der Waals surface area contributed by atoms with Gasteiger partial charge >= 0.3 is 11.8 Å². The molecule has 286 valence electrons. The number of nitrogens with zero attached hydrogens (tertiary/aromatic N) is 1. The van der Waals surface area contributed by atoms with E-state index in [1.54, 1.807) is 86.6 Å². The minimum Gasteiger partial charge on any atom is -0.485 e. The molecule has 1 aliphatic rings. The van der Waals surface area contributed by atoms with Gasteiger partial charge in [-0.25, -0.2) is 4.39 Å². The Labute approximate surface area is 313 Å². The second-order valence-corrected chi connectivity index (χ2v) is 15.1. The molecule has 1 fully saturated rings. The zero-order valence-corrected chi connectivity index (χ0v) is 31.1. The van der Waals surface area contributed by atoms with Crippen molar-refractivity contribution >= 4 is 43.8 Å². The van der Waals surface area contributed by atoms with Crippen molar-refractivity contribution in [1.82, 2.24) is 4.90 Å². The van der Waals surface area contributed by atoms with Crippen molar-refractivity contribution in [3.63, 3.8) is 0 Å². The number of hydrogen-bond donors (Lipinski definition) is 1. The Morgan fingerprint density at radius 3 is 1.81 bits per heavy atom. The molecule has 54 heavy (non-hydrogen) atoms. The molecule has 4 aromatic rings. The van der Waals surface area contributed by atoms with E-state index in [0.29, 0.717) is 34.2 Å². The SMILES string of the molecule is CCOS(=O)(=O)/C=C/c1ccc(O[C@@H]2CN(C(=O)C(=O)Nc3ccc(Oc4ccc(F)cc4)cc3)C[C@@H]2Oc2ccc(CCS(=O)(=O)OCC)cc2)cc1. The van der Waals surface area contributed by atoms with Gasteiger partial charge in [-0.2, -0.15) is 16.8 Å². The maximum Gasteiger partial charge on any atom is 0.313 e. The van der Waals surface area contributed by atoms with Crippen molar-refractivity contribution in [3.05, 3.63) is 119 Å². The van der Waals surface area contributed by atoms with Crippen LogP contribution in [0.25, 0.3) is 6.08 Å². The van der Waals surface area contributed by atoms with E-state index in [4.69, 9.17) is 22.6 Å². The van der Waals surface area contributed by atoms with Gasteiger partial charge < -0.3 is 24.4 Å². The molecule has 0 spiro atoms. The smallest absolute Gasteiger partial charge is 0.313 e. The zero-order valence-electron chi connectivity index (χ0n) is 29.4. The van der Waals surface area contributed by atoms with E-state index in [9.17, 15) is 30.8 Å². The number of likely N-dealkylation sites (tertiary alicyclic amines) is 1. The van der Waals surface area contributed by atoms with Crippen molar-refractivity contribution in [3.8, 4) is 23.0 Å². The third-order valence-corrected chi connectivity index (χ3v) is 10.2. The Balaban J connectivity index is 1.26. The number of benzene rings is 4. The van der Waals surface area contributed by atoms with E-state index < -0.39 is 50.1 Å². The fourth-order valence-electron chi connectivity index (χ4n) is 5.30. The van der Waals surface area contributed by atoms with Crippen LogP contribution in [0.2, 0.25) is 0 Å². The monoisotopic (exact) mass is 782 g/mol. The van der Waals surface area contributed by atoms with Crippen LogP contribution in [0.4, 0.5) is 10.1 Å². The van der Waals surface area contributed by atoms with Crippen molar-refractivity contribution < 1.29 is 53.4 Å². The summed E-state index contributed by atoms with van der Waals surface area (Å²) in [7, 11) is -7.45. The van der Waals surface area contributed by atoms with Crippen LogP contribution in [0.3, 0.4) is 0 Å². The first-order valence-corrected chi connectivity index (χ1v) is 20.0. The number of anilines is 1. The molecule has 13 nitrogen and oxygen atoms in total. The standard InChI is InChI=1S/C38H39FN2O11S2/c1-3-48-53(44,45)23-21-27-5-13-33(14-6-27)51-35-25-41(26-36(35)52-34-15-7-28(8-16-34)22-24-54(46,47)49-4-2)38(43)37(42)40-30-11-19-32(20-12-30)50-31-17-9-29(39)10-18-31/h5-21,23,35-36H,3-4,22,24-26H2,1-2H3,(H,40,42)/b23-21+/t35-,36+/m1/s1. The van der Waals surface area contributed by atoms with Crippen molar-refractivity contribution in [1.29, 1.82) is 0 Å². The molecule has 1 heterocycles. The van der Waals surface area contributed by atoms with Crippen molar-refractivity contribution in [2.45, 2.75) is 32.5 Å². The summed E-state index contributed by atoms with van der Waals surface area (Å²) in [6.45, 7) is 3.25. The molecule has 1 saturated heterocycles. The van der Waals surface area contributed by atoms with Gasteiger partial charge in [-0.3, -0.25) is 18.0 Å². The second kappa shape index (κ2) is 18.2. The van der Waals surface area contributed by atoms with Crippen LogP contribution in [0.1, 0.15) is 25.0 Å². The number of aryl methyl sites for hydroxylation is 1. The second-order valence-electron chi connectivity index (χ2n) is 11.9. The first kappa shape index (κ1) is 39.9. The summed E-state index contributed by atoms with van der Waals surface area (Å²) in [5.41, 5.74) is 1.66. The molecule has 2 amide bonds. The Morgan fingerprint density at radius 2 is 1.26 bits per heavy atom. The number of carbonyl (C=O) groups is 2. The number of halogens is 1. The predicted octanol–water partition coefficient (Wildman–Crippen LogP) is 5.54. The Bertz CT molecular complexity index is 2130. The lowest BCUT2D eigenvalue weighted by Gasteiger charge is -2.21. The number of carbonyl (C=O) groups excluding carboxylic acids is 2. The summed E-state index contributed by atoms with van der Waals surface area (Å²) in [5.74, 6) is -0.563. The molecule has 0 unspecified atom stereocenters. The van der Waals surface area contributed by atoms with Gasteiger partial charge in [0.05, 0.1) is 37.5 Å². The largest absolute Gasteiger partial charge is 0.485 e. The molecular weight excluding hydrogens is 744 g/mol. The van der Waals surface area contributed by atoms with E-state index >= 15 is 0 Å². The maximum atomic E-state index is 13.4. The Morgan fingerprint density at radius 1 is 0.741 bits per heavy atom. The highest BCUT2D eigenvalue weighted by atomic mass is 32.2. The number of nitrogens with one attached hydrogen (secondary N) is 1. The number of amides is 2. The molecule has 1 aliphatic heterocycles. The van der Waals surface area contributed by atoms with Gasteiger partial charge in [0, 0.05) is 5.69 Å². The average molecular weight is 783 g/mol. The van der Waals surface area contributed by atoms with Gasteiger partial charge in [-0.15, -0.1) is 0 Å². The number of rotatable bonds is 16. The van der Waals surface area contributed by atoms with Gasteiger partial charge in [0.1, 0.15) is 28.8 Å². The van der Waals surface area contributed by atoms with Gasteiger partial charge in [0.2, 0.25) is 0 Å². The number of hydrogen-bond acceptors (Lipinski definition) is 11. The van der Waals surface area contributed by atoms with Crippen molar-refractivity contribution in [2.24, 2.45) is 0 Å². The Kier molecular flexibility index (Phi) is 13.4. The lowest BCUT2D eigenvalue weighted by molar-refractivity contribution is -0.142. The van der Waals surface area contributed by atoms with Crippen LogP contribution in [-0.4, -0.2) is 77.8 Å². The molecule has 0 aliphatic carbocycles. The minimum absolute atomic E-state index is 0.00297. The van der Waals surface area contributed by atoms with E-state index in [-0.39, 0.29) is 38.5 Å². The fourth-order valence-corrected chi connectivity index (χ4v) is 6.99. The average Bonchev–Trinajstić information content (AvgIpc) is 3.54. The van der Waals surface area contributed by atoms with Gasteiger partial charge in [-0.05, 0) is 110 Å². The molecule has 0 aromatic heterocycles. The van der Waals surface area contributed by atoms with E-state index in [0.717, 1.165) is 11.0 Å². The molecule has 0 radical (unpaired) electrons. The minimum atomic E-state index is -3.81. The normalized spacial score (nSPS) is 15.9. The zero-order chi connectivity index (χ0) is 38.7. The lowest BCUT2D eigenvalue weighted by Crippen LogP contribution is -2.39. The Hall–Kier alpha value is -5.29.